The van der Waals surface area contributed by atoms with Gasteiger partial charge in [0.25, 0.3) is 0 Å². The number of Topliss-reactive ketones (excluding diaryl/α,β-unsaturated/α-hetero) is 1. The second kappa shape index (κ2) is 13.8. The molecule has 2 aliphatic heterocycles. The minimum atomic E-state index is -0.293. The first kappa shape index (κ1) is 29.6. The quantitative estimate of drug-likeness (QED) is 0.378. The molecule has 3 N–H and O–H groups in total. The maximum atomic E-state index is 13.3. The van der Waals surface area contributed by atoms with Crippen LogP contribution < -0.4 is 10.6 Å². The van der Waals surface area contributed by atoms with E-state index in [0.29, 0.717) is 21.6 Å². The number of piperidine rings is 2. The lowest BCUT2D eigenvalue weighted by molar-refractivity contribution is 0.0721. The molecule has 1 aromatic heterocycles. The van der Waals surface area contributed by atoms with Crippen molar-refractivity contribution in [2.24, 2.45) is 17.8 Å². The summed E-state index contributed by atoms with van der Waals surface area (Å²) in [5, 5.41) is 16.0. The average molecular weight is 560 g/mol. The van der Waals surface area contributed by atoms with Gasteiger partial charge in [0.1, 0.15) is 5.82 Å². The lowest BCUT2D eigenvalue weighted by atomic mass is 9.88. The van der Waals surface area contributed by atoms with Crippen molar-refractivity contribution in [3.63, 3.8) is 0 Å². The van der Waals surface area contributed by atoms with E-state index in [4.69, 9.17) is 0 Å². The topological polar surface area (TPSA) is 97.8 Å². The fourth-order valence-corrected chi connectivity index (χ4v) is 6.85. The number of carbonyl (C=O) groups is 2. The van der Waals surface area contributed by atoms with Crippen molar-refractivity contribution in [1.82, 2.24) is 20.1 Å². The molecule has 0 saturated carbocycles. The number of carbonyl (C=O) groups excluding carboxylic acids is 2. The Morgan fingerprint density at radius 2 is 1.95 bits per heavy atom. The normalized spacial score (nSPS) is 23.4. The van der Waals surface area contributed by atoms with Gasteiger partial charge in [-0.2, -0.15) is 0 Å². The van der Waals surface area contributed by atoms with Crippen LogP contribution in [-0.4, -0.2) is 83.6 Å². The van der Waals surface area contributed by atoms with E-state index in [0.717, 1.165) is 65.0 Å². The van der Waals surface area contributed by atoms with E-state index in [1.54, 1.807) is 6.92 Å². The van der Waals surface area contributed by atoms with Crippen LogP contribution in [0.15, 0.2) is 24.3 Å². The van der Waals surface area contributed by atoms with Gasteiger partial charge in [-0.3, -0.25) is 10.1 Å². The Morgan fingerprint density at radius 3 is 2.64 bits per heavy atom. The summed E-state index contributed by atoms with van der Waals surface area (Å²) in [6.45, 7) is 11.0. The van der Waals surface area contributed by atoms with Gasteiger partial charge in [-0.15, -0.1) is 0 Å². The molecule has 4 atom stereocenters. The van der Waals surface area contributed by atoms with Crippen LogP contribution in [0.5, 0.6) is 0 Å². The highest BCUT2D eigenvalue weighted by atomic mass is 32.1. The zero-order chi connectivity index (χ0) is 27.9. The van der Waals surface area contributed by atoms with E-state index in [-0.39, 0.29) is 42.1 Å². The molecule has 2 aromatic rings. The summed E-state index contributed by atoms with van der Waals surface area (Å²) in [4.78, 5) is 34.6. The van der Waals surface area contributed by atoms with Gasteiger partial charge < -0.3 is 20.2 Å². The number of amides is 2. The molecule has 0 radical (unpaired) electrons. The summed E-state index contributed by atoms with van der Waals surface area (Å²) in [5.41, 5.74) is 1.80. The minimum Gasteiger partial charge on any atom is -0.396 e. The lowest BCUT2D eigenvalue weighted by Gasteiger charge is -2.43. The summed E-state index contributed by atoms with van der Waals surface area (Å²) in [6.07, 6.45) is 4.07. The molecule has 4 rings (SSSR count). The van der Waals surface area contributed by atoms with Crippen molar-refractivity contribution in [1.29, 1.82) is 0 Å². The number of aryl methyl sites for hydroxylation is 1. The summed E-state index contributed by atoms with van der Waals surface area (Å²) >= 11 is 1.21. The van der Waals surface area contributed by atoms with Gasteiger partial charge in [-0.05, 0) is 68.7 Å². The molecule has 2 aliphatic rings. The number of hydrogen-bond donors (Lipinski definition) is 3. The molecular formula is C29H42FN5O3S. The third kappa shape index (κ3) is 8.54. The molecule has 4 unspecified atom stereocenters. The third-order valence-electron chi connectivity index (χ3n) is 7.89. The number of benzene rings is 1. The number of ketones is 1. The number of nitrogens with one attached hydrogen (secondary N) is 2. The molecule has 2 amide bonds. The monoisotopic (exact) mass is 559 g/mol. The van der Waals surface area contributed by atoms with Crippen LogP contribution in [0.4, 0.5) is 14.3 Å². The van der Waals surface area contributed by atoms with E-state index in [2.05, 4.69) is 32.3 Å². The van der Waals surface area contributed by atoms with E-state index in [1.165, 1.54) is 36.0 Å². The Bertz CT molecular complexity index is 1110. The fraction of sp³-hybridized carbons (Fsp3) is 0.621. The molecule has 10 heteroatoms. The molecule has 0 bridgehead atoms. The van der Waals surface area contributed by atoms with Gasteiger partial charge in [0.15, 0.2) is 10.9 Å². The first-order valence-electron chi connectivity index (χ1n) is 14.1. The standard InChI is InChI=1S/C29H42FN5O3S/c1-19(18-36)14-35-12-10-26(32-28(38)33-29-31-20(2)27(39-29)21(3)37)24(17-35)16-34-11-4-5-23(15-34)13-22-6-8-25(30)9-7-22/h6-9,19,23-24,26,36H,4-5,10-18H2,1-3H3,(H2,31,32,33,38). The smallest absolute Gasteiger partial charge is 0.321 e. The number of aromatic nitrogens is 1. The van der Waals surface area contributed by atoms with Crippen LogP contribution in [0, 0.1) is 30.5 Å². The Labute approximate surface area is 235 Å². The number of rotatable bonds is 10. The van der Waals surface area contributed by atoms with Crippen molar-refractivity contribution in [2.45, 2.75) is 52.5 Å². The van der Waals surface area contributed by atoms with Crippen molar-refractivity contribution >= 4 is 28.3 Å². The maximum absolute atomic E-state index is 13.3. The van der Waals surface area contributed by atoms with Gasteiger partial charge in [-0.1, -0.05) is 30.4 Å². The molecule has 1 aromatic carbocycles. The Kier molecular flexibility index (Phi) is 10.5. The number of halogens is 1. The summed E-state index contributed by atoms with van der Waals surface area (Å²) < 4.78 is 13.3. The highest BCUT2D eigenvalue weighted by Crippen LogP contribution is 2.26. The lowest BCUT2D eigenvalue weighted by Crippen LogP contribution is -2.56. The van der Waals surface area contributed by atoms with Crippen LogP contribution in [0.1, 0.15) is 54.0 Å². The number of aliphatic hydroxyl groups is 1. The van der Waals surface area contributed by atoms with E-state index < -0.39 is 0 Å². The zero-order valence-electron chi connectivity index (χ0n) is 23.3. The van der Waals surface area contributed by atoms with Gasteiger partial charge in [0, 0.05) is 58.2 Å². The number of anilines is 1. The zero-order valence-corrected chi connectivity index (χ0v) is 24.1. The Hall–Kier alpha value is -2.40. The second-order valence-electron chi connectivity index (χ2n) is 11.4. The van der Waals surface area contributed by atoms with Gasteiger partial charge in [0.05, 0.1) is 10.6 Å². The number of thiazole rings is 1. The molecule has 0 aliphatic carbocycles. The number of hydrogen-bond acceptors (Lipinski definition) is 7. The van der Waals surface area contributed by atoms with Crippen LogP contribution in [0.2, 0.25) is 0 Å². The van der Waals surface area contributed by atoms with Crippen molar-refractivity contribution in [3.8, 4) is 0 Å². The van der Waals surface area contributed by atoms with Crippen molar-refractivity contribution in [2.75, 3.05) is 51.2 Å². The predicted molar refractivity (Wildman–Crippen MR) is 153 cm³/mol. The van der Waals surface area contributed by atoms with Crippen LogP contribution >= 0.6 is 11.3 Å². The van der Waals surface area contributed by atoms with Crippen molar-refractivity contribution in [3.05, 3.63) is 46.2 Å². The van der Waals surface area contributed by atoms with E-state index in [9.17, 15) is 19.1 Å². The Morgan fingerprint density at radius 1 is 1.18 bits per heavy atom. The molecule has 39 heavy (non-hydrogen) atoms. The minimum absolute atomic E-state index is 0.0106. The SMILES string of the molecule is CC(=O)c1sc(NC(=O)NC2CCN(CC(C)CO)CC2CN2CCCC(Cc3ccc(F)cc3)C2)nc1C. The molecule has 214 valence electrons. The molecular weight excluding hydrogens is 517 g/mol. The van der Waals surface area contributed by atoms with E-state index >= 15 is 0 Å². The first-order chi connectivity index (χ1) is 18.7. The predicted octanol–water partition coefficient (Wildman–Crippen LogP) is 4.19. The Balaban J connectivity index is 1.38. The highest BCUT2D eigenvalue weighted by Gasteiger charge is 2.33. The third-order valence-corrected chi connectivity index (χ3v) is 9.06. The molecule has 0 spiro atoms. The summed E-state index contributed by atoms with van der Waals surface area (Å²) in [6, 6.07) is 6.56. The summed E-state index contributed by atoms with van der Waals surface area (Å²) in [7, 11) is 0. The summed E-state index contributed by atoms with van der Waals surface area (Å²) in [5.74, 6) is 0.718. The van der Waals surface area contributed by atoms with Crippen molar-refractivity contribution < 1.29 is 19.1 Å². The first-order valence-corrected chi connectivity index (χ1v) is 14.9. The number of likely N-dealkylation sites (tertiary alicyclic amines) is 2. The number of nitrogens with zero attached hydrogens (tertiary/aromatic N) is 3. The van der Waals surface area contributed by atoms with Gasteiger partial charge in [0.2, 0.25) is 0 Å². The van der Waals surface area contributed by atoms with E-state index in [1.807, 2.05) is 12.1 Å². The highest BCUT2D eigenvalue weighted by molar-refractivity contribution is 7.17. The average Bonchev–Trinajstić information content (AvgIpc) is 3.27. The van der Waals surface area contributed by atoms with Gasteiger partial charge >= 0.3 is 6.03 Å². The molecule has 2 saturated heterocycles. The van der Waals surface area contributed by atoms with Crippen LogP contribution in [0.3, 0.4) is 0 Å². The maximum Gasteiger partial charge on any atom is 0.321 e. The largest absolute Gasteiger partial charge is 0.396 e. The van der Waals surface area contributed by atoms with Crippen LogP contribution in [-0.2, 0) is 6.42 Å². The number of urea groups is 1. The van der Waals surface area contributed by atoms with Crippen LogP contribution in [0.25, 0.3) is 0 Å². The molecule has 2 fully saturated rings. The second-order valence-corrected chi connectivity index (χ2v) is 12.4. The van der Waals surface area contributed by atoms with Gasteiger partial charge in [-0.25, -0.2) is 14.2 Å². The number of aliphatic hydroxyl groups excluding tert-OH is 1. The molecule has 3 heterocycles. The fourth-order valence-electron chi connectivity index (χ4n) is 5.99. The molecule has 8 nitrogen and oxygen atoms in total.